The van der Waals surface area contributed by atoms with E-state index < -0.39 is 5.60 Å². The third-order valence-corrected chi connectivity index (χ3v) is 4.48. The van der Waals surface area contributed by atoms with Crippen molar-refractivity contribution in [2.45, 2.75) is 33.3 Å². The topological polar surface area (TPSA) is 103 Å². The van der Waals surface area contributed by atoms with E-state index in [1.165, 1.54) is 0 Å². The van der Waals surface area contributed by atoms with Gasteiger partial charge in [0.25, 0.3) is 5.91 Å². The lowest BCUT2D eigenvalue weighted by atomic mass is 10.2. The van der Waals surface area contributed by atoms with E-state index in [1.807, 2.05) is 27.7 Å². The molecule has 1 aliphatic heterocycles. The molecule has 1 fully saturated rings. The first kappa shape index (κ1) is 23.5. The van der Waals surface area contributed by atoms with Crippen molar-refractivity contribution < 1.29 is 19.1 Å². The molecule has 1 aromatic carbocycles. The molecule has 1 heterocycles. The fourth-order valence-electron chi connectivity index (χ4n) is 2.95. The van der Waals surface area contributed by atoms with Crippen molar-refractivity contribution in [1.29, 1.82) is 0 Å². The van der Waals surface area contributed by atoms with Crippen LogP contribution in [0, 0.1) is 0 Å². The van der Waals surface area contributed by atoms with Crippen LogP contribution < -0.4 is 16.0 Å². The molecule has 9 nitrogen and oxygen atoms in total. The van der Waals surface area contributed by atoms with E-state index in [1.54, 1.807) is 29.2 Å². The van der Waals surface area contributed by atoms with Crippen LogP contribution in [0.1, 0.15) is 38.1 Å². The second-order valence-corrected chi connectivity index (χ2v) is 8.13. The highest BCUT2D eigenvalue weighted by atomic mass is 16.6. The van der Waals surface area contributed by atoms with E-state index in [0.29, 0.717) is 44.0 Å². The highest BCUT2D eigenvalue weighted by Crippen LogP contribution is 2.12. The van der Waals surface area contributed by atoms with Gasteiger partial charge in [-0.25, -0.2) is 9.59 Å². The lowest BCUT2D eigenvalue weighted by molar-refractivity contribution is 0.0147. The minimum Gasteiger partial charge on any atom is -0.444 e. The number of ether oxygens (including phenoxy) is 1. The third-order valence-electron chi connectivity index (χ3n) is 4.48. The molecule has 0 spiro atoms. The van der Waals surface area contributed by atoms with E-state index in [0.717, 1.165) is 13.1 Å². The summed E-state index contributed by atoms with van der Waals surface area (Å²) >= 11 is 0. The maximum absolute atomic E-state index is 12.1. The fraction of sp³-hybridized carbons (Fsp3) is 0.571. The van der Waals surface area contributed by atoms with Crippen LogP contribution in [0.5, 0.6) is 0 Å². The summed E-state index contributed by atoms with van der Waals surface area (Å²) in [7, 11) is 0. The normalized spacial score (nSPS) is 14.7. The standard InChI is InChI=1S/C21H33N5O4/c1-5-22-18(27)16-6-8-17(9-7-16)24-19(28)23-10-11-25-12-14-26(15-13-25)20(29)30-21(2,3)4/h6-9H,5,10-15H2,1-4H3,(H,22,27)(H2,23,24,28). The number of anilines is 1. The van der Waals surface area contributed by atoms with Gasteiger partial charge in [0.2, 0.25) is 0 Å². The molecular weight excluding hydrogens is 386 g/mol. The van der Waals surface area contributed by atoms with E-state index in [9.17, 15) is 14.4 Å². The predicted octanol–water partition coefficient (Wildman–Crippen LogP) is 2.11. The van der Waals surface area contributed by atoms with Crippen molar-refractivity contribution in [3.63, 3.8) is 0 Å². The molecule has 3 N–H and O–H groups in total. The maximum Gasteiger partial charge on any atom is 0.410 e. The van der Waals surface area contributed by atoms with Gasteiger partial charge in [-0.1, -0.05) is 0 Å². The molecule has 30 heavy (non-hydrogen) atoms. The Morgan fingerprint density at radius 2 is 1.63 bits per heavy atom. The lowest BCUT2D eigenvalue weighted by Crippen LogP contribution is -2.51. The molecule has 0 bridgehead atoms. The maximum atomic E-state index is 12.1. The quantitative estimate of drug-likeness (QED) is 0.655. The monoisotopic (exact) mass is 419 g/mol. The zero-order valence-corrected chi connectivity index (χ0v) is 18.3. The predicted molar refractivity (Wildman–Crippen MR) is 116 cm³/mol. The number of hydrogen-bond acceptors (Lipinski definition) is 5. The molecule has 0 saturated carbocycles. The number of carbonyl (C=O) groups is 3. The molecule has 9 heteroatoms. The first-order valence-corrected chi connectivity index (χ1v) is 10.3. The van der Waals surface area contributed by atoms with E-state index in [4.69, 9.17) is 4.74 Å². The Morgan fingerprint density at radius 3 is 2.20 bits per heavy atom. The van der Waals surface area contributed by atoms with Gasteiger partial charge in [0.15, 0.2) is 0 Å². The van der Waals surface area contributed by atoms with Crippen LogP contribution in [0.2, 0.25) is 0 Å². The smallest absolute Gasteiger partial charge is 0.410 e. The average molecular weight is 420 g/mol. The van der Waals surface area contributed by atoms with E-state index in [2.05, 4.69) is 20.9 Å². The van der Waals surface area contributed by atoms with Gasteiger partial charge in [0.05, 0.1) is 0 Å². The van der Waals surface area contributed by atoms with Gasteiger partial charge in [-0.2, -0.15) is 0 Å². The lowest BCUT2D eigenvalue weighted by Gasteiger charge is -2.35. The van der Waals surface area contributed by atoms with Gasteiger partial charge in [-0.3, -0.25) is 9.69 Å². The molecule has 0 unspecified atom stereocenters. The summed E-state index contributed by atoms with van der Waals surface area (Å²) < 4.78 is 5.40. The Hall–Kier alpha value is -2.81. The Morgan fingerprint density at radius 1 is 1.00 bits per heavy atom. The van der Waals surface area contributed by atoms with Crippen LogP contribution in [0.4, 0.5) is 15.3 Å². The molecule has 0 aromatic heterocycles. The Labute approximate surface area is 178 Å². The molecule has 0 atom stereocenters. The minimum absolute atomic E-state index is 0.139. The second-order valence-electron chi connectivity index (χ2n) is 8.13. The Bertz CT molecular complexity index is 722. The number of benzene rings is 1. The summed E-state index contributed by atoms with van der Waals surface area (Å²) in [4.78, 5) is 39.8. The SMILES string of the molecule is CCNC(=O)c1ccc(NC(=O)NCCN2CCN(C(=O)OC(C)(C)C)CC2)cc1. The van der Waals surface area contributed by atoms with Gasteiger partial charge in [-0.15, -0.1) is 0 Å². The molecule has 1 saturated heterocycles. The highest BCUT2D eigenvalue weighted by molar-refractivity contribution is 5.95. The van der Waals surface area contributed by atoms with Crippen molar-refractivity contribution >= 4 is 23.7 Å². The largest absolute Gasteiger partial charge is 0.444 e. The number of nitrogens with zero attached hydrogens (tertiary/aromatic N) is 2. The summed E-state index contributed by atoms with van der Waals surface area (Å²) in [6, 6.07) is 6.43. The summed E-state index contributed by atoms with van der Waals surface area (Å²) in [6.45, 7) is 11.9. The number of nitrogens with one attached hydrogen (secondary N) is 3. The van der Waals surface area contributed by atoms with Crippen molar-refractivity contribution in [2.24, 2.45) is 0 Å². The van der Waals surface area contributed by atoms with Crippen molar-refractivity contribution in [2.75, 3.05) is 51.1 Å². The number of rotatable bonds is 6. The molecule has 2 rings (SSSR count). The minimum atomic E-state index is -0.492. The van der Waals surface area contributed by atoms with Gasteiger partial charge < -0.3 is 25.6 Å². The second kappa shape index (κ2) is 10.8. The first-order valence-electron chi connectivity index (χ1n) is 10.3. The third kappa shape index (κ3) is 7.90. The molecular formula is C21H33N5O4. The summed E-state index contributed by atoms with van der Waals surface area (Å²) in [5, 5.41) is 8.30. The first-order chi connectivity index (χ1) is 14.2. The van der Waals surface area contributed by atoms with E-state index in [-0.39, 0.29) is 18.0 Å². The Kier molecular flexibility index (Phi) is 8.46. The number of piperazine rings is 1. The van der Waals surface area contributed by atoms with Gasteiger partial charge in [0.1, 0.15) is 5.60 Å². The Balaban J connectivity index is 1.66. The molecule has 1 aliphatic rings. The molecule has 0 radical (unpaired) electrons. The molecule has 4 amide bonds. The van der Waals surface area contributed by atoms with Gasteiger partial charge in [0, 0.05) is 57.1 Å². The van der Waals surface area contributed by atoms with Gasteiger partial charge in [-0.05, 0) is 52.0 Å². The van der Waals surface area contributed by atoms with Crippen LogP contribution in [0.15, 0.2) is 24.3 Å². The molecule has 1 aromatic rings. The van der Waals surface area contributed by atoms with Crippen molar-refractivity contribution in [1.82, 2.24) is 20.4 Å². The molecule has 166 valence electrons. The highest BCUT2D eigenvalue weighted by Gasteiger charge is 2.25. The summed E-state index contributed by atoms with van der Waals surface area (Å²) in [5.74, 6) is -0.139. The van der Waals surface area contributed by atoms with Gasteiger partial charge >= 0.3 is 12.1 Å². The number of urea groups is 1. The van der Waals surface area contributed by atoms with Crippen LogP contribution in [-0.4, -0.2) is 79.2 Å². The summed E-state index contributed by atoms with van der Waals surface area (Å²) in [5.41, 5.74) is 0.674. The van der Waals surface area contributed by atoms with Crippen LogP contribution in [-0.2, 0) is 4.74 Å². The summed E-state index contributed by atoms with van der Waals surface area (Å²) in [6.07, 6.45) is -0.280. The van der Waals surface area contributed by atoms with Crippen LogP contribution in [0.3, 0.4) is 0 Å². The zero-order chi connectivity index (χ0) is 22.1. The molecule has 0 aliphatic carbocycles. The van der Waals surface area contributed by atoms with E-state index >= 15 is 0 Å². The fourth-order valence-corrected chi connectivity index (χ4v) is 2.95. The number of amides is 4. The van der Waals surface area contributed by atoms with Crippen LogP contribution in [0.25, 0.3) is 0 Å². The van der Waals surface area contributed by atoms with Crippen LogP contribution >= 0.6 is 0 Å². The number of carbonyl (C=O) groups excluding carboxylic acids is 3. The average Bonchev–Trinajstić information content (AvgIpc) is 2.68. The van der Waals surface area contributed by atoms with Crippen molar-refractivity contribution in [3.8, 4) is 0 Å². The number of hydrogen-bond donors (Lipinski definition) is 3. The zero-order valence-electron chi connectivity index (χ0n) is 18.3. The van der Waals surface area contributed by atoms with Crippen molar-refractivity contribution in [3.05, 3.63) is 29.8 Å².